The van der Waals surface area contributed by atoms with Crippen molar-refractivity contribution in [3.05, 3.63) is 53.6 Å². The van der Waals surface area contributed by atoms with Crippen LogP contribution in [0.2, 0.25) is 0 Å². The molecule has 2 aromatic carbocycles. The molecule has 6 heteroatoms. The van der Waals surface area contributed by atoms with Crippen molar-refractivity contribution in [1.29, 1.82) is 0 Å². The van der Waals surface area contributed by atoms with Gasteiger partial charge in [-0.05, 0) is 62.2 Å². The van der Waals surface area contributed by atoms with Crippen LogP contribution < -0.4 is 15.4 Å². The van der Waals surface area contributed by atoms with E-state index >= 15 is 0 Å². The maximum absolute atomic E-state index is 12.3. The first-order valence-electron chi connectivity index (χ1n) is 9.98. The fourth-order valence-corrected chi connectivity index (χ4v) is 3.08. The number of carbonyl (C=O) groups excluding carboxylic acids is 2. The number of hydrogen-bond donors (Lipinski definition) is 2. The van der Waals surface area contributed by atoms with E-state index in [0.29, 0.717) is 24.5 Å². The van der Waals surface area contributed by atoms with Gasteiger partial charge in [-0.3, -0.25) is 14.5 Å². The van der Waals surface area contributed by atoms with Gasteiger partial charge in [-0.15, -0.1) is 0 Å². The third-order valence-electron chi connectivity index (χ3n) is 4.58. The number of nitrogens with one attached hydrogen (secondary N) is 2. The van der Waals surface area contributed by atoms with Crippen LogP contribution in [-0.4, -0.2) is 43.0 Å². The molecule has 2 aromatic rings. The molecule has 0 fully saturated rings. The second kappa shape index (κ2) is 11.2. The first-order valence-corrected chi connectivity index (χ1v) is 9.98. The maximum Gasteiger partial charge on any atom is 0.238 e. The first kappa shape index (κ1) is 22.4. The maximum atomic E-state index is 12.3. The highest BCUT2D eigenvalue weighted by Crippen LogP contribution is 2.22. The Morgan fingerprint density at radius 1 is 0.966 bits per heavy atom. The first-order chi connectivity index (χ1) is 13.9. The highest BCUT2D eigenvalue weighted by atomic mass is 16.5. The van der Waals surface area contributed by atoms with Crippen molar-refractivity contribution in [3.8, 4) is 5.75 Å². The number of hydrogen-bond acceptors (Lipinski definition) is 4. The largest absolute Gasteiger partial charge is 0.493 e. The second-order valence-corrected chi connectivity index (χ2v) is 7.10. The van der Waals surface area contributed by atoms with E-state index in [1.807, 2.05) is 39.0 Å². The van der Waals surface area contributed by atoms with Crippen molar-refractivity contribution in [1.82, 2.24) is 4.90 Å². The van der Waals surface area contributed by atoms with E-state index in [1.165, 1.54) is 6.92 Å². The van der Waals surface area contributed by atoms with Crippen molar-refractivity contribution >= 4 is 23.2 Å². The van der Waals surface area contributed by atoms with Crippen molar-refractivity contribution in [2.45, 2.75) is 34.1 Å². The van der Waals surface area contributed by atoms with Crippen molar-refractivity contribution < 1.29 is 14.3 Å². The fourth-order valence-electron chi connectivity index (χ4n) is 3.08. The lowest BCUT2D eigenvalue weighted by atomic mass is 10.1. The van der Waals surface area contributed by atoms with Crippen LogP contribution in [0.4, 0.5) is 11.4 Å². The van der Waals surface area contributed by atoms with Gasteiger partial charge in [0.1, 0.15) is 5.75 Å². The summed E-state index contributed by atoms with van der Waals surface area (Å²) >= 11 is 0. The second-order valence-electron chi connectivity index (χ2n) is 7.10. The van der Waals surface area contributed by atoms with E-state index in [2.05, 4.69) is 15.5 Å². The Bertz CT molecular complexity index is 798. The smallest absolute Gasteiger partial charge is 0.238 e. The number of nitrogens with zero attached hydrogens (tertiary/aromatic N) is 1. The molecule has 0 unspecified atom stereocenters. The highest BCUT2D eigenvalue weighted by molar-refractivity contribution is 5.93. The molecule has 0 aliphatic carbocycles. The molecule has 0 saturated heterocycles. The lowest BCUT2D eigenvalue weighted by Crippen LogP contribution is -2.34. The summed E-state index contributed by atoms with van der Waals surface area (Å²) in [6.45, 7) is 10.1. The zero-order chi connectivity index (χ0) is 21.2. The van der Waals surface area contributed by atoms with E-state index in [9.17, 15) is 9.59 Å². The Balaban J connectivity index is 1.75. The number of rotatable bonds is 10. The number of ether oxygens (including phenoxy) is 1. The van der Waals surface area contributed by atoms with Crippen LogP contribution in [0.3, 0.4) is 0 Å². The van der Waals surface area contributed by atoms with Crippen LogP contribution in [0.25, 0.3) is 0 Å². The Morgan fingerprint density at radius 2 is 1.55 bits per heavy atom. The summed E-state index contributed by atoms with van der Waals surface area (Å²) in [5, 5.41) is 5.60. The van der Waals surface area contributed by atoms with Crippen LogP contribution in [0.15, 0.2) is 42.5 Å². The molecular formula is C23H31N3O3. The van der Waals surface area contributed by atoms with Gasteiger partial charge in [0.05, 0.1) is 13.2 Å². The minimum absolute atomic E-state index is 0.0604. The molecular weight excluding hydrogens is 366 g/mol. The minimum atomic E-state index is -0.123. The average Bonchev–Trinajstić information content (AvgIpc) is 2.67. The molecule has 0 aliphatic heterocycles. The van der Waals surface area contributed by atoms with Gasteiger partial charge in [0.15, 0.2) is 0 Å². The van der Waals surface area contributed by atoms with Gasteiger partial charge >= 0.3 is 0 Å². The van der Waals surface area contributed by atoms with Crippen LogP contribution in [0.5, 0.6) is 5.75 Å². The molecule has 29 heavy (non-hydrogen) atoms. The van der Waals surface area contributed by atoms with E-state index in [1.54, 1.807) is 24.3 Å². The Labute approximate surface area is 173 Å². The molecule has 0 saturated carbocycles. The van der Waals surface area contributed by atoms with Crippen LogP contribution in [-0.2, 0) is 9.59 Å². The predicted molar refractivity (Wildman–Crippen MR) is 118 cm³/mol. The summed E-state index contributed by atoms with van der Waals surface area (Å²) in [4.78, 5) is 25.5. The quantitative estimate of drug-likeness (QED) is 0.595. The number of aryl methyl sites for hydroxylation is 2. The third-order valence-corrected chi connectivity index (χ3v) is 4.58. The molecule has 0 spiro atoms. The van der Waals surface area contributed by atoms with Gasteiger partial charge in [0.2, 0.25) is 11.8 Å². The Hall–Kier alpha value is -2.86. The monoisotopic (exact) mass is 397 g/mol. The topological polar surface area (TPSA) is 70.7 Å². The van der Waals surface area contributed by atoms with E-state index in [0.717, 1.165) is 36.4 Å². The van der Waals surface area contributed by atoms with E-state index < -0.39 is 0 Å². The summed E-state index contributed by atoms with van der Waals surface area (Å²) < 4.78 is 5.94. The number of benzene rings is 2. The molecule has 156 valence electrons. The number of carbonyl (C=O) groups is 2. The number of para-hydroxylation sites is 1. The molecule has 0 aromatic heterocycles. The molecule has 0 bridgehead atoms. The molecule has 0 heterocycles. The standard InChI is InChI=1S/C23H31N3O3/c1-5-26(14-7-15-29-23-17(2)8-6-9-18(23)3)16-22(28)25-21-12-10-20(11-13-21)24-19(4)27/h6,8-13H,5,7,14-16H2,1-4H3,(H,24,27)(H,25,28). The number of anilines is 2. The van der Waals surface area contributed by atoms with Gasteiger partial charge < -0.3 is 15.4 Å². The lowest BCUT2D eigenvalue weighted by molar-refractivity contribution is -0.117. The minimum Gasteiger partial charge on any atom is -0.493 e. The summed E-state index contributed by atoms with van der Waals surface area (Å²) in [7, 11) is 0. The summed E-state index contributed by atoms with van der Waals surface area (Å²) in [6.07, 6.45) is 0.848. The highest BCUT2D eigenvalue weighted by Gasteiger charge is 2.10. The number of amides is 2. The average molecular weight is 398 g/mol. The molecule has 2 N–H and O–H groups in total. The van der Waals surface area contributed by atoms with Crippen LogP contribution in [0.1, 0.15) is 31.4 Å². The predicted octanol–water partition coefficient (Wildman–Crippen LogP) is 3.99. The van der Waals surface area contributed by atoms with E-state index in [4.69, 9.17) is 4.74 Å². The summed E-state index contributed by atoms with van der Waals surface area (Å²) in [5.74, 6) is 0.771. The molecule has 6 nitrogen and oxygen atoms in total. The Morgan fingerprint density at radius 3 is 2.10 bits per heavy atom. The van der Waals surface area contributed by atoms with Crippen molar-refractivity contribution in [2.75, 3.05) is 36.9 Å². The SMILES string of the molecule is CCN(CCCOc1c(C)cccc1C)CC(=O)Nc1ccc(NC(C)=O)cc1. The zero-order valence-electron chi connectivity index (χ0n) is 17.7. The van der Waals surface area contributed by atoms with Crippen molar-refractivity contribution in [3.63, 3.8) is 0 Å². The molecule has 0 aliphatic rings. The van der Waals surface area contributed by atoms with Crippen molar-refractivity contribution in [2.24, 2.45) is 0 Å². The number of likely N-dealkylation sites (N-methyl/N-ethyl adjacent to an activating group) is 1. The van der Waals surface area contributed by atoms with Crippen LogP contribution >= 0.6 is 0 Å². The van der Waals surface area contributed by atoms with Gasteiger partial charge in [0.25, 0.3) is 0 Å². The van der Waals surface area contributed by atoms with Gasteiger partial charge in [-0.1, -0.05) is 25.1 Å². The molecule has 0 radical (unpaired) electrons. The summed E-state index contributed by atoms with van der Waals surface area (Å²) in [5.41, 5.74) is 3.69. The Kier molecular flexibility index (Phi) is 8.68. The van der Waals surface area contributed by atoms with Crippen LogP contribution in [0, 0.1) is 13.8 Å². The molecule has 0 atom stereocenters. The normalized spacial score (nSPS) is 10.7. The van der Waals surface area contributed by atoms with E-state index in [-0.39, 0.29) is 11.8 Å². The zero-order valence-corrected chi connectivity index (χ0v) is 17.7. The van der Waals surface area contributed by atoms with Gasteiger partial charge in [-0.25, -0.2) is 0 Å². The lowest BCUT2D eigenvalue weighted by Gasteiger charge is -2.20. The molecule has 2 rings (SSSR count). The molecule has 2 amide bonds. The fraction of sp³-hybridized carbons (Fsp3) is 0.391. The van der Waals surface area contributed by atoms with Gasteiger partial charge in [-0.2, -0.15) is 0 Å². The van der Waals surface area contributed by atoms with Gasteiger partial charge in [0, 0.05) is 24.8 Å². The summed E-state index contributed by atoms with van der Waals surface area (Å²) in [6, 6.07) is 13.2. The third kappa shape index (κ3) is 7.58.